The molecule has 110 valence electrons. The lowest BCUT2D eigenvalue weighted by atomic mass is 10.1. The second kappa shape index (κ2) is 6.10. The zero-order valence-electron chi connectivity index (χ0n) is 12.3. The fourth-order valence-electron chi connectivity index (χ4n) is 2.37. The van der Waals surface area contributed by atoms with Crippen LogP contribution in [0.15, 0.2) is 30.3 Å². The van der Waals surface area contributed by atoms with Gasteiger partial charge < -0.3 is 10.7 Å². The summed E-state index contributed by atoms with van der Waals surface area (Å²) in [7, 11) is 0. The average Bonchev–Trinajstić information content (AvgIpc) is 3.34. The van der Waals surface area contributed by atoms with Crippen LogP contribution in [0.1, 0.15) is 35.7 Å². The molecule has 0 radical (unpaired) electrons. The Balaban J connectivity index is 1.64. The van der Waals surface area contributed by atoms with Crippen molar-refractivity contribution in [1.29, 1.82) is 0 Å². The standard InChI is InChI=1S/C16H21N5/c1-11-4-2-3-5-12(11)8-9-18-14-10-15(21-17)20-16(19-14)13-6-7-13/h2-5,10,13H,6-9,17H2,1H3,(H2,18,19,20,21). The van der Waals surface area contributed by atoms with Crippen LogP contribution in [0.5, 0.6) is 0 Å². The molecule has 4 N–H and O–H groups in total. The van der Waals surface area contributed by atoms with Crippen molar-refractivity contribution >= 4 is 11.6 Å². The molecule has 21 heavy (non-hydrogen) atoms. The molecule has 0 spiro atoms. The first-order chi connectivity index (χ1) is 10.3. The zero-order valence-corrected chi connectivity index (χ0v) is 12.3. The van der Waals surface area contributed by atoms with Gasteiger partial charge in [-0.25, -0.2) is 15.8 Å². The van der Waals surface area contributed by atoms with Crippen LogP contribution in [0.25, 0.3) is 0 Å². The van der Waals surface area contributed by atoms with Gasteiger partial charge in [0.05, 0.1) is 0 Å². The number of nitrogens with two attached hydrogens (primary N) is 1. The van der Waals surface area contributed by atoms with Crippen molar-refractivity contribution in [3.63, 3.8) is 0 Å². The molecule has 0 atom stereocenters. The van der Waals surface area contributed by atoms with E-state index in [4.69, 9.17) is 5.84 Å². The first kappa shape index (κ1) is 13.8. The molecule has 1 aromatic carbocycles. The number of rotatable bonds is 6. The first-order valence-corrected chi connectivity index (χ1v) is 7.40. The van der Waals surface area contributed by atoms with Gasteiger partial charge in [0.1, 0.15) is 17.5 Å². The topological polar surface area (TPSA) is 75.9 Å². The SMILES string of the molecule is Cc1ccccc1CCNc1cc(NN)nc(C2CC2)n1. The minimum atomic E-state index is 0.509. The molecule has 2 aromatic rings. The normalized spacial score (nSPS) is 14.0. The molecule has 1 aliphatic rings. The molecule has 1 fully saturated rings. The molecule has 0 aliphatic heterocycles. The highest BCUT2D eigenvalue weighted by Crippen LogP contribution is 2.38. The summed E-state index contributed by atoms with van der Waals surface area (Å²) in [4.78, 5) is 8.99. The lowest BCUT2D eigenvalue weighted by molar-refractivity contribution is 0.913. The highest BCUT2D eigenvalue weighted by Gasteiger charge is 2.27. The summed E-state index contributed by atoms with van der Waals surface area (Å²) in [6.07, 6.45) is 3.33. The molecule has 0 unspecified atom stereocenters. The van der Waals surface area contributed by atoms with E-state index in [1.165, 1.54) is 24.0 Å². The van der Waals surface area contributed by atoms with E-state index >= 15 is 0 Å². The molecule has 5 heteroatoms. The third kappa shape index (κ3) is 3.49. The van der Waals surface area contributed by atoms with Gasteiger partial charge in [0.15, 0.2) is 0 Å². The monoisotopic (exact) mass is 283 g/mol. The Labute approximate surface area is 125 Å². The number of aromatic nitrogens is 2. The van der Waals surface area contributed by atoms with Crippen molar-refractivity contribution in [2.24, 2.45) is 5.84 Å². The molecule has 3 rings (SSSR count). The number of nitrogens with zero attached hydrogens (tertiary/aromatic N) is 2. The number of hydrogen-bond acceptors (Lipinski definition) is 5. The van der Waals surface area contributed by atoms with Crippen molar-refractivity contribution in [3.05, 3.63) is 47.3 Å². The zero-order chi connectivity index (χ0) is 14.7. The lowest BCUT2D eigenvalue weighted by Crippen LogP contribution is -2.13. The molecule has 1 aliphatic carbocycles. The van der Waals surface area contributed by atoms with Crippen molar-refractivity contribution in [3.8, 4) is 0 Å². The number of aryl methyl sites for hydroxylation is 1. The Morgan fingerprint density at radius 3 is 2.67 bits per heavy atom. The average molecular weight is 283 g/mol. The molecular weight excluding hydrogens is 262 g/mol. The van der Waals surface area contributed by atoms with Gasteiger partial charge in [0.2, 0.25) is 0 Å². The number of hydrazine groups is 1. The minimum absolute atomic E-state index is 0.509. The minimum Gasteiger partial charge on any atom is -0.370 e. The summed E-state index contributed by atoms with van der Waals surface area (Å²) < 4.78 is 0. The fourth-order valence-corrected chi connectivity index (χ4v) is 2.37. The second-order valence-electron chi connectivity index (χ2n) is 5.52. The van der Waals surface area contributed by atoms with E-state index < -0.39 is 0 Å². The Morgan fingerprint density at radius 1 is 1.19 bits per heavy atom. The maximum atomic E-state index is 5.48. The van der Waals surface area contributed by atoms with E-state index in [0.717, 1.165) is 24.6 Å². The van der Waals surface area contributed by atoms with Crippen LogP contribution < -0.4 is 16.6 Å². The molecule has 5 nitrogen and oxygen atoms in total. The maximum absolute atomic E-state index is 5.48. The van der Waals surface area contributed by atoms with Gasteiger partial charge in [0.25, 0.3) is 0 Å². The van der Waals surface area contributed by atoms with E-state index in [1.807, 2.05) is 6.07 Å². The quantitative estimate of drug-likeness (QED) is 0.561. The van der Waals surface area contributed by atoms with E-state index in [0.29, 0.717) is 11.7 Å². The van der Waals surface area contributed by atoms with E-state index in [9.17, 15) is 0 Å². The van der Waals surface area contributed by atoms with Gasteiger partial charge >= 0.3 is 0 Å². The Bertz CT molecular complexity index is 622. The van der Waals surface area contributed by atoms with Crippen LogP contribution in [0.4, 0.5) is 11.6 Å². The van der Waals surface area contributed by atoms with Crippen LogP contribution in [0.3, 0.4) is 0 Å². The number of benzene rings is 1. The van der Waals surface area contributed by atoms with Gasteiger partial charge in [-0.2, -0.15) is 0 Å². The van der Waals surface area contributed by atoms with Gasteiger partial charge in [-0.3, -0.25) is 0 Å². The van der Waals surface area contributed by atoms with E-state index in [-0.39, 0.29) is 0 Å². The van der Waals surface area contributed by atoms with Crippen LogP contribution in [0.2, 0.25) is 0 Å². The van der Waals surface area contributed by atoms with Gasteiger partial charge in [-0.15, -0.1) is 0 Å². The van der Waals surface area contributed by atoms with Crippen molar-refractivity contribution in [2.75, 3.05) is 17.3 Å². The predicted molar refractivity (Wildman–Crippen MR) is 85.2 cm³/mol. The smallest absolute Gasteiger partial charge is 0.145 e. The van der Waals surface area contributed by atoms with Crippen LogP contribution in [-0.2, 0) is 6.42 Å². The van der Waals surface area contributed by atoms with Crippen molar-refractivity contribution < 1.29 is 0 Å². The summed E-state index contributed by atoms with van der Waals surface area (Å²) in [5.41, 5.74) is 5.30. The summed E-state index contributed by atoms with van der Waals surface area (Å²) >= 11 is 0. The van der Waals surface area contributed by atoms with Crippen LogP contribution in [-0.4, -0.2) is 16.5 Å². The Hall–Kier alpha value is -2.14. The molecule has 0 saturated heterocycles. The summed E-state index contributed by atoms with van der Waals surface area (Å²) in [5.74, 6) is 8.39. The Kier molecular flexibility index (Phi) is 4.01. The third-order valence-corrected chi connectivity index (χ3v) is 3.80. The highest BCUT2D eigenvalue weighted by molar-refractivity contribution is 5.47. The number of hydrogen-bond donors (Lipinski definition) is 3. The molecule has 0 amide bonds. The van der Waals surface area contributed by atoms with E-state index in [2.05, 4.69) is 51.9 Å². The van der Waals surface area contributed by atoms with Crippen LogP contribution >= 0.6 is 0 Å². The predicted octanol–water partition coefficient (Wildman–Crippen LogP) is 2.60. The maximum Gasteiger partial charge on any atom is 0.145 e. The molecule has 1 heterocycles. The second-order valence-corrected chi connectivity index (χ2v) is 5.52. The lowest BCUT2D eigenvalue weighted by Gasteiger charge is -2.10. The number of anilines is 2. The molecule has 1 saturated carbocycles. The Morgan fingerprint density at radius 2 is 1.95 bits per heavy atom. The first-order valence-electron chi connectivity index (χ1n) is 7.40. The molecule has 1 aromatic heterocycles. The van der Waals surface area contributed by atoms with Gasteiger partial charge in [-0.1, -0.05) is 24.3 Å². The van der Waals surface area contributed by atoms with E-state index in [1.54, 1.807) is 0 Å². The number of nitrogen functional groups attached to an aromatic ring is 1. The molecule has 0 bridgehead atoms. The fraction of sp³-hybridized carbons (Fsp3) is 0.375. The van der Waals surface area contributed by atoms with Gasteiger partial charge in [0, 0.05) is 18.5 Å². The number of nitrogens with one attached hydrogen (secondary N) is 2. The van der Waals surface area contributed by atoms with Crippen molar-refractivity contribution in [2.45, 2.75) is 32.1 Å². The summed E-state index contributed by atoms with van der Waals surface area (Å²) in [6.45, 7) is 2.98. The third-order valence-electron chi connectivity index (χ3n) is 3.80. The van der Waals surface area contributed by atoms with Crippen molar-refractivity contribution in [1.82, 2.24) is 9.97 Å². The molecular formula is C16H21N5. The largest absolute Gasteiger partial charge is 0.370 e. The van der Waals surface area contributed by atoms with Gasteiger partial charge in [-0.05, 0) is 37.3 Å². The summed E-state index contributed by atoms with van der Waals surface area (Å²) in [6, 6.07) is 10.3. The highest BCUT2D eigenvalue weighted by atomic mass is 15.3. The van der Waals surface area contributed by atoms with Crippen LogP contribution in [0, 0.1) is 6.92 Å². The summed E-state index contributed by atoms with van der Waals surface area (Å²) in [5, 5.41) is 3.37.